The molecule has 0 aliphatic carbocycles. The van der Waals surface area contributed by atoms with Gasteiger partial charge in [0.05, 0.1) is 46.7 Å². The van der Waals surface area contributed by atoms with E-state index in [0.29, 0.717) is 16.9 Å². The molecule has 1 N–H and O–H groups in total. The molecule has 9 heteroatoms. The number of thiazole rings is 1. The Labute approximate surface area is 298 Å². The molecular weight excluding hydrogens is 665 g/mol. The van der Waals surface area contributed by atoms with Gasteiger partial charge in [0.15, 0.2) is 10.6 Å². The smallest absolute Gasteiger partial charge is 0.261 e. The van der Waals surface area contributed by atoms with E-state index in [9.17, 15) is 14.7 Å². The standard InChI is InChI=1S/C41H34N2O5S2/c1-25-35(24-49-41-42-34-14-4-5-15-36(34)50-41)47-40(48-37(25)28-18-16-26(23-44)17-19-28)31-11-7-10-30(21-31)29-9-6-8-27(20-29)22-43-38(45)32-12-2-3-13-33(32)39(43)46/h2-21,25,35,37,40,44H,22-24H2,1H3. The number of ether oxygens (including phenoxy) is 2. The van der Waals surface area contributed by atoms with Gasteiger partial charge in [0.2, 0.25) is 0 Å². The molecule has 1 saturated heterocycles. The number of para-hydroxylation sites is 1. The molecule has 0 radical (unpaired) electrons. The van der Waals surface area contributed by atoms with Gasteiger partial charge < -0.3 is 14.6 Å². The van der Waals surface area contributed by atoms with Gasteiger partial charge in [-0.3, -0.25) is 14.5 Å². The van der Waals surface area contributed by atoms with Crippen LogP contribution in [0.25, 0.3) is 21.3 Å². The Morgan fingerprint density at radius 1 is 0.760 bits per heavy atom. The fourth-order valence-corrected chi connectivity index (χ4v) is 8.91. The molecular formula is C41H34N2O5S2. The van der Waals surface area contributed by atoms with Crippen LogP contribution in [0.3, 0.4) is 0 Å². The number of imide groups is 1. The first-order valence-corrected chi connectivity index (χ1v) is 18.4. The molecule has 4 atom stereocenters. The molecule has 2 amide bonds. The third kappa shape index (κ3) is 6.39. The lowest BCUT2D eigenvalue weighted by Gasteiger charge is -2.41. The van der Waals surface area contributed by atoms with Gasteiger partial charge in [-0.05, 0) is 64.2 Å². The zero-order valence-corrected chi connectivity index (χ0v) is 28.9. The summed E-state index contributed by atoms with van der Waals surface area (Å²) in [5.41, 5.74) is 7.48. The molecule has 0 spiro atoms. The minimum absolute atomic E-state index is 0.0131. The predicted octanol–water partition coefficient (Wildman–Crippen LogP) is 8.84. The van der Waals surface area contributed by atoms with Crippen molar-refractivity contribution >= 4 is 45.1 Å². The Kier molecular flexibility index (Phi) is 9.07. The maximum atomic E-state index is 13.0. The third-order valence-corrected chi connectivity index (χ3v) is 11.7. The molecule has 2 aliphatic rings. The van der Waals surface area contributed by atoms with Crippen LogP contribution >= 0.6 is 23.1 Å². The van der Waals surface area contributed by atoms with Crippen molar-refractivity contribution in [1.29, 1.82) is 0 Å². The number of hydrogen-bond donors (Lipinski definition) is 1. The van der Waals surface area contributed by atoms with Crippen LogP contribution in [-0.2, 0) is 22.6 Å². The maximum Gasteiger partial charge on any atom is 0.261 e. The highest BCUT2D eigenvalue weighted by Gasteiger charge is 2.39. The summed E-state index contributed by atoms with van der Waals surface area (Å²) in [7, 11) is 0. The Balaban J connectivity index is 1.05. The lowest BCUT2D eigenvalue weighted by atomic mass is 9.91. The van der Waals surface area contributed by atoms with Crippen molar-refractivity contribution in [2.45, 2.75) is 42.9 Å². The highest BCUT2D eigenvalue weighted by molar-refractivity contribution is 8.01. The van der Waals surface area contributed by atoms with Gasteiger partial charge in [0.25, 0.3) is 11.8 Å². The normalized spacial score (nSPS) is 20.4. The first kappa shape index (κ1) is 32.6. The molecule has 5 aromatic carbocycles. The molecule has 6 aromatic rings. The Morgan fingerprint density at radius 3 is 2.20 bits per heavy atom. The fraction of sp³-hybridized carbons (Fsp3) is 0.195. The molecule has 50 heavy (non-hydrogen) atoms. The summed E-state index contributed by atoms with van der Waals surface area (Å²) >= 11 is 3.40. The number of rotatable bonds is 9. The quantitative estimate of drug-likeness (QED) is 0.119. The maximum absolute atomic E-state index is 13.0. The predicted molar refractivity (Wildman–Crippen MR) is 196 cm³/mol. The van der Waals surface area contributed by atoms with E-state index in [4.69, 9.17) is 14.5 Å². The number of hydrogen-bond acceptors (Lipinski definition) is 8. The number of amides is 2. The zero-order valence-electron chi connectivity index (χ0n) is 27.3. The number of carbonyl (C=O) groups is 2. The molecule has 0 bridgehead atoms. The summed E-state index contributed by atoms with van der Waals surface area (Å²) in [6, 6.07) is 39.2. The number of carbonyl (C=O) groups excluding carboxylic acids is 2. The average molecular weight is 699 g/mol. The van der Waals surface area contributed by atoms with Crippen molar-refractivity contribution < 1.29 is 24.2 Å². The van der Waals surface area contributed by atoms with Gasteiger partial charge in [-0.1, -0.05) is 104 Å². The topological polar surface area (TPSA) is 89.0 Å². The fourth-order valence-electron chi connectivity index (χ4n) is 6.66. The van der Waals surface area contributed by atoms with Gasteiger partial charge in [0, 0.05) is 17.2 Å². The number of benzene rings is 5. The van der Waals surface area contributed by atoms with E-state index in [1.54, 1.807) is 47.4 Å². The summed E-state index contributed by atoms with van der Waals surface area (Å²) in [4.78, 5) is 32.2. The summed E-state index contributed by atoms with van der Waals surface area (Å²) in [5, 5.41) is 9.63. The minimum atomic E-state index is -0.615. The minimum Gasteiger partial charge on any atom is -0.392 e. The summed E-state index contributed by atoms with van der Waals surface area (Å²) in [5.74, 6) is 0.228. The van der Waals surface area contributed by atoms with E-state index >= 15 is 0 Å². The molecule has 250 valence electrons. The van der Waals surface area contributed by atoms with Gasteiger partial charge in [-0.2, -0.15) is 0 Å². The van der Waals surface area contributed by atoms with E-state index in [-0.39, 0.29) is 43.1 Å². The second-order valence-corrected chi connectivity index (χ2v) is 14.9. The van der Waals surface area contributed by atoms with Crippen molar-refractivity contribution in [3.8, 4) is 11.1 Å². The van der Waals surface area contributed by atoms with Gasteiger partial charge >= 0.3 is 0 Å². The summed E-state index contributed by atoms with van der Waals surface area (Å²) in [6.07, 6.45) is -0.967. The van der Waals surface area contributed by atoms with Crippen LogP contribution in [0.1, 0.15) is 62.3 Å². The average Bonchev–Trinajstić information content (AvgIpc) is 3.69. The Hall–Kier alpha value is -4.64. The highest BCUT2D eigenvalue weighted by atomic mass is 32.2. The molecule has 2 aliphatic heterocycles. The van der Waals surface area contributed by atoms with E-state index < -0.39 is 6.29 Å². The lowest BCUT2D eigenvalue weighted by molar-refractivity contribution is -0.268. The lowest BCUT2D eigenvalue weighted by Crippen LogP contribution is -2.38. The van der Waals surface area contributed by atoms with Crippen LogP contribution in [0.4, 0.5) is 0 Å². The van der Waals surface area contributed by atoms with Crippen LogP contribution in [-0.4, -0.2) is 38.7 Å². The third-order valence-electron chi connectivity index (χ3n) is 9.41. The van der Waals surface area contributed by atoms with Crippen molar-refractivity contribution in [1.82, 2.24) is 9.88 Å². The van der Waals surface area contributed by atoms with E-state index in [1.165, 1.54) is 9.60 Å². The number of nitrogens with zero attached hydrogens (tertiary/aromatic N) is 2. The number of aliphatic hydroxyl groups is 1. The Bertz CT molecular complexity index is 2130. The molecule has 1 aromatic heterocycles. The summed E-state index contributed by atoms with van der Waals surface area (Å²) < 4.78 is 15.7. The summed E-state index contributed by atoms with van der Waals surface area (Å²) in [6.45, 7) is 2.35. The van der Waals surface area contributed by atoms with Gasteiger partial charge in [-0.15, -0.1) is 11.3 Å². The van der Waals surface area contributed by atoms with E-state index in [0.717, 1.165) is 43.2 Å². The molecule has 7 nitrogen and oxygen atoms in total. The van der Waals surface area contributed by atoms with Crippen LogP contribution in [0.2, 0.25) is 0 Å². The number of fused-ring (bicyclic) bond motifs is 2. The van der Waals surface area contributed by atoms with Crippen LogP contribution < -0.4 is 0 Å². The van der Waals surface area contributed by atoms with Crippen LogP contribution in [0.5, 0.6) is 0 Å². The van der Waals surface area contributed by atoms with E-state index in [2.05, 4.69) is 19.1 Å². The number of thioether (sulfide) groups is 1. The highest BCUT2D eigenvalue weighted by Crippen LogP contribution is 2.44. The molecule has 1 fully saturated rings. The molecule has 8 rings (SSSR count). The zero-order chi connectivity index (χ0) is 34.2. The van der Waals surface area contributed by atoms with Crippen molar-refractivity contribution in [3.05, 3.63) is 155 Å². The van der Waals surface area contributed by atoms with Crippen molar-refractivity contribution in [2.75, 3.05) is 5.75 Å². The van der Waals surface area contributed by atoms with Gasteiger partial charge in [0.1, 0.15) is 0 Å². The number of aliphatic hydroxyl groups excluding tert-OH is 1. The second kappa shape index (κ2) is 13.9. The largest absolute Gasteiger partial charge is 0.392 e. The van der Waals surface area contributed by atoms with Crippen molar-refractivity contribution in [2.24, 2.45) is 5.92 Å². The molecule has 0 saturated carbocycles. The SMILES string of the molecule is CC1C(CSc2nc3ccccc3s2)OC(c2cccc(-c3cccc(CN4C(=O)c5ccccc5C4=O)c3)c2)OC1c1ccc(CO)cc1. The van der Waals surface area contributed by atoms with Crippen molar-refractivity contribution in [3.63, 3.8) is 0 Å². The Morgan fingerprint density at radius 2 is 1.46 bits per heavy atom. The first-order valence-electron chi connectivity index (χ1n) is 16.6. The van der Waals surface area contributed by atoms with Gasteiger partial charge in [-0.25, -0.2) is 4.98 Å². The van der Waals surface area contributed by atoms with Crippen LogP contribution in [0.15, 0.2) is 126 Å². The second-order valence-electron chi connectivity index (χ2n) is 12.6. The first-order chi connectivity index (χ1) is 24.4. The molecule has 4 unspecified atom stereocenters. The molecule has 3 heterocycles. The van der Waals surface area contributed by atoms with E-state index in [1.807, 2.05) is 84.9 Å². The number of aromatic nitrogens is 1. The van der Waals surface area contributed by atoms with Crippen LogP contribution in [0, 0.1) is 5.92 Å². The monoisotopic (exact) mass is 698 g/mol.